The summed E-state index contributed by atoms with van der Waals surface area (Å²) in [6.07, 6.45) is 0. The molecule has 0 aliphatic carbocycles. The van der Waals surface area contributed by atoms with Gasteiger partial charge < -0.3 is 5.73 Å². The number of nitrogens with two attached hydrogens (primary N) is 1. The summed E-state index contributed by atoms with van der Waals surface area (Å²) >= 11 is 4.86. The summed E-state index contributed by atoms with van der Waals surface area (Å²) in [6, 6.07) is 6.70. The predicted octanol–water partition coefficient (Wildman–Crippen LogP) is 2.89. The molecule has 4 nitrogen and oxygen atoms in total. The van der Waals surface area contributed by atoms with E-state index in [2.05, 4.69) is 15.9 Å². The average Bonchev–Trinajstić information content (AvgIpc) is 2.88. The molecule has 0 radical (unpaired) electrons. The number of rotatable bonds is 2. The van der Waals surface area contributed by atoms with Crippen molar-refractivity contribution in [2.75, 3.05) is 5.73 Å². The van der Waals surface area contributed by atoms with Crippen molar-refractivity contribution in [2.45, 2.75) is 6.54 Å². The largest absolute Gasteiger partial charge is 0.399 e. The molecular weight excluding hydrogens is 328 g/mol. The summed E-state index contributed by atoms with van der Waals surface area (Å²) in [5.74, 6) is -0.540. The fourth-order valence-electron chi connectivity index (χ4n) is 2.04. The minimum atomic E-state index is -0.281. The van der Waals surface area contributed by atoms with Gasteiger partial charge in [-0.3, -0.25) is 14.5 Å². The van der Waals surface area contributed by atoms with Gasteiger partial charge in [-0.2, -0.15) is 0 Å². The first kappa shape index (κ1) is 12.4. The van der Waals surface area contributed by atoms with Crippen LogP contribution in [0.4, 0.5) is 5.69 Å². The second-order valence-electron chi connectivity index (χ2n) is 4.23. The number of imide groups is 1. The van der Waals surface area contributed by atoms with E-state index in [1.165, 1.54) is 16.2 Å². The molecule has 1 aromatic heterocycles. The summed E-state index contributed by atoms with van der Waals surface area (Å²) in [4.78, 5) is 26.6. The second kappa shape index (κ2) is 4.47. The van der Waals surface area contributed by atoms with Crippen molar-refractivity contribution in [3.8, 4) is 0 Å². The van der Waals surface area contributed by atoms with E-state index >= 15 is 0 Å². The Morgan fingerprint density at radius 2 is 1.89 bits per heavy atom. The number of carbonyl (C=O) groups excluding carboxylic acids is 2. The van der Waals surface area contributed by atoms with Gasteiger partial charge in [0.15, 0.2) is 0 Å². The van der Waals surface area contributed by atoms with Crippen LogP contribution in [0.15, 0.2) is 34.1 Å². The third kappa shape index (κ3) is 2.06. The molecule has 0 bridgehead atoms. The van der Waals surface area contributed by atoms with E-state index in [4.69, 9.17) is 5.73 Å². The monoisotopic (exact) mass is 336 g/mol. The number of anilines is 1. The Hall–Kier alpha value is -1.66. The van der Waals surface area contributed by atoms with E-state index in [9.17, 15) is 9.59 Å². The number of amides is 2. The van der Waals surface area contributed by atoms with Crippen molar-refractivity contribution in [3.05, 3.63) is 50.1 Å². The van der Waals surface area contributed by atoms with Gasteiger partial charge in [-0.05, 0) is 40.2 Å². The number of carbonyl (C=O) groups is 2. The van der Waals surface area contributed by atoms with Crippen LogP contribution >= 0.6 is 27.3 Å². The van der Waals surface area contributed by atoms with Crippen LogP contribution in [0.25, 0.3) is 0 Å². The standard InChI is InChI=1S/C13H9BrN2O2S/c14-7-3-9(19-6-7)5-16-12(17)10-2-1-8(15)4-11(10)13(16)18/h1-4,6H,5,15H2. The first-order valence-corrected chi connectivity index (χ1v) is 7.22. The molecular formula is C13H9BrN2O2S. The molecule has 0 atom stereocenters. The van der Waals surface area contributed by atoms with E-state index in [0.29, 0.717) is 23.4 Å². The highest BCUT2D eigenvalue weighted by molar-refractivity contribution is 9.10. The molecule has 1 aliphatic heterocycles. The highest BCUT2D eigenvalue weighted by Gasteiger charge is 2.35. The second-order valence-corrected chi connectivity index (χ2v) is 6.14. The van der Waals surface area contributed by atoms with Gasteiger partial charge >= 0.3 is 0 Å². The van der Waals surface area contributed by atoms with Crippen LogP contribution < -0.4 is 5.73 Å². The third-order valence-corrected chi connectivity index (χ3v) is 4.61. The molecule has 0 unspecified atom stereocenters. The number of hydrogen-bond acceptors (Lipinski definition) is 4. The smallest absolute Gasteiger partial charge is 0.261 e. The summed E-state index contributed by atoms with van der Waals surface area (Å²) in [5.41, 5.74) is 6.96. The van der Waals surface area contributed by atoms with E-state index in [-0.39, 0.29) is 11.8 Å². The molecule has 19 heavy (non-hydrogen) atoms. The summed E-state index contributed by atoms with van der Waals surface area (Å²) < 4.78 is 0.952. The van der Waals surface area contributed by atoms with Gasteiger partial charge in [-0.1, -0.05) is 0 Å². The molecule has 2 aromatic rings. The van der Waals surface area contributed by atoms with Gasteiger partial charge in [-0.15, -0.1) is 11.3 Å². The topological polar surface area (TPSA) is 63.4 Å². The maximum Gasteiger partial charge on any atom is 0.261 e. The highest BCUT2D eigenvalue weighted by Crippen LogP contribution is 2.28. The normalized spacial score (nSPS) is 14.1. The van der Waals surface area contributed by atoms with Gasteiger partial charge in [0.25, 0.3) is 11.8 Å². The Kier molecular flexibility index (Phi) is 2.91. The Balaban J connectivity index is 1.94. The molecule has 0 fully saturated rings. The third-order valence-electron chi connectivity index (χ3n) is 2.93. The van der Waals surface area contributed by atoms with Crippen molar-refractivity contribution >= 4 is 44.8 Å². The first-order valence-electron chi connectivity index (χ1n) is 5.55. The summed E-state index contributed by atoms with van der Waals surface area (Å²) in [7, 11) is 0. The number of hydrogen-bond donors (Lipinski definition) is 1. The SMILES string of the molecule is Nc1ccc2c(c1)C(=O)N(Cc1cc(Br)cs1)C2=O. The maximum atomic E-state index is 12.2. The van der Waals surface area contributed by atoms with Gasteiger partial charge in [0.1, 0.15) is 0 Å². The molecule has 96 valence electrons. The molecule has 0 spiro atoms. The number of thiophene rings is 1. The Labute approximate surface area is 122 Å². The fourth-order valence-corrected chi connectivity index (χ4v) is 3.48. The number of halogens is 1. The van der Waals surface area contributed by atoms with Gasteiger partial charge in [-0.25, -0.2) is 0 Å². The Morgan fingerprint density at radius 3 is 2.58 bits per heavy atom. The van der Waals surface area contributed by atoms with Crippen LogP contribution in [0.5, 0.6) is 0 Å². The number of benzene rings is 1. The lowest BCUT2D eigenvalue weighted by Crippen LogP contribution is -2.28. The number of nitrogens with zero attached hydrogens (tertiary/aromatic N) is 1. The molecule has 1 aromatic carbocycles. The molecule has 2 amide bonds. The zero-order chi connectivity index (χ0) is 13.6. The molecule has 6 heteroatoms. The summed E-state index contributed by atoms with van der Waals surface area (Å²) in [6.45, 7) is 0.294. The van der Waals surface area contributed by atoms with Crippen molar-refractivity contribution in [1.29, 1.82) is 0 Å². The van der Waals surface area contributed by atoms with Gasteiger partial charge in [0, 0.05) is 20.4 Å². The first-order chi connectivity index (χ1) is 9.06. The Bertz CT molecular complexity index is 696. The van der Waals surface area contributed by atoms with E-state index in [1.54, 1.807) is 18.2 Å². The van der Waals surface area contributed by atoms with Crippen LogP contribution in [0.2, 0.25) is 0 Å². The van der Waals surface area contributed by atoms with Gasteiger partial charge in [0.2, 0.25) is 0 Å². The van der Waals surface area contributed by atoms with Crippen molar-refractivity contribution in [1.82, 2.24) is 4.90 Å². The van der Waals surface area contributed by atoms with E-state index in [1.807, 2.05) is 11.4 Å². The lowest BCUT2D eigenvalue weighted by molar-refractivity contribution is 0.0644. The molecule has 1 aliphatic rings. The van der Waals surface area contributed by atoms with Crippen molar-refractivity contribution in [2.24, 2.45) is 0 Å². The zero-order valence-electron chi connectivity index (χ0n) is 9.72. The minimum Gasteiger partial charge on any atom is -0.399 e. The van der Waals surface area contributed by atoms with Crippen molar-refractivity contribution < 1.29 is 9.59 Å². The average molecular weight is 337 g/mol. The lowest BCUT2D eigenvalue weighted by Gasteiger charge is -2.11. The van der Waals surface area contributed by atoms with Crippen LogP contribution in [-0.2, 0) is 6.54 Å². The number of nitrogen functional groups attached to an aromatic ring is 1. The highest BCUT2D eigenvalue weighted by atomic mass is 79.9. The zero-order valence-corrected chi connectivity index (χ0v) is 12.1. The molecule has 2 heterocycles. The number of fused-ring (bicyclic) bond motifs is 1. The molecule has 0 saturated heterocycles. The lowest BCUT2D eigenvalue weighted by atomic mass is 10.1. The maximum absolute atomic E-state index is 12.2. The van der Waals surface area contributed by atoms with Crippen molar-refractivity contribution in [3.63, 3.8) is 0 Å². The molecule has 3 rings (SSSR count). The van der Waals surface area contributed by atoms with E-state index < -0.39 is 0 Å². The molecule has 2 N–H and O–H groups in total. The van der Waals surface area contributed by atoms with Crippen LogP contribution in [0.1, 0.15) is 25.6 Å². The van der Waals surface area contributed by atoms with E-state index in [0.717, 1.165) is 9.35 Å². The van der Waals surface area contributed by atoms with Gasteiger partial charge in [0.05, 0.1) is 17.7 Å². The van der Waals surface area contributed by atoms with Crippen LogP contribution in [-0.4, -0.2) is 16.7 Å². The minimum absolute atomic E-state index is 0.260. The predicted molar refractivity (Wildman–Crippen MR) is 77.1 cm³/mol. The quantitative estimate of drug-likeness (QED) is 0.677. The Morgan fingerprint density at radius 1 is 1.16 bits per heavy atom. The fraction of sp³-hybridized carbons (Fsp3) is 0.0769. The van der Waals surface area contributed by atoms with Crippen LogP contribution in [0, 0.1) is 0 Å². The summed E-state index contributed by atoms with van der Waals surface area (Å²) in [5, 5.41) is 1.92. The van der Waals surface area contributed by atoms with Crippen LogP contribution in [0.3, 0.4) is 0 Å². The molecule has 0 saturated carbocycles.